The quantitative estimate of drug-likeness (QED) is 0.843. The minimum Gasteiger partial charge on any atom is -0.381 e. The highest BCUT2D eigenvalue weighted by Gasteiger charge is 2.48. The summed E-state index contributed by atoms with van der Waals surface area (Å²) >= 11 is 0. The van der Waals surface area contributed by atoms with Crippen LogP contribution < -0.4 is 0 Å². The highest BCUT2D eigenvalue weighted by Crippen LogP contribution is 2.42. The van der Waals surface area contributed by atoms with Gasteiger partial charge in [-0.2, -0.15) is 0 Å². The number of imidazole rings is 1. The largest absolute Gasteiger partial charge is 0.381 e. The molecule has 0 unspecified atom stereocenters. The molecule has 0 N–H and O–H groups in total. The van der Waals surface area contributed by atoms with Crippen LogP contribution in [-0.4, -0.2) is 45.1 Å². The van der Waals surface area contributed by atoms with E-state index in [1.165, 1.54) is 11.8 Å². The van der Waals surface area contributed by atoms with Crippen molar-refractivity contribution >= 4 is 5.91 Å². The lowest BCUT2D eigenvalue weighted by Crippen LogP contribution is -2.56. The molecule has 0 atom stereocenters. The third-order valence-corrected chi connectivity index (χ3v) is 5.56. The van der Waals surface area contributed by atoms with Crippen LogP contribution in [0.2, 0.25) is 0 Å². The lowest BCUT2D eigenvalue weighted by molar-refractivity contribution is -0.143. The van der Waals surface area contributed by atoms with Crippen molar-refractivity contribution in [3.05, 3.63) is 47.6 Å². The Morgan fingerprint density at radius 2 is 2.12 bits per heavy atom. The number of nitrogens with zero attached hydrogens (tertiary/aromatic N) is 4. The van der Waals surface area contributed by atoms with Gasteiger partial charge in [-0.3, -0.25) is 9.78 Å². The minimum absolute atomic E-state index is 0.0164. The topological polar surface area (TPSA) is 60.2 Å². The zero-order chi connectivity index (χ0) is 18.1. The molecular formula is C19H23FN4O2. The Balaban J connectivity index is 1.66. The van der Waals surface area contributed by atoms with Crippen LogP contribution in [-0.2, 0) is 34.5 Å². The third-order valence-electron chi connectivity index (χ3n) is 5.56. The molecule has 2 aliphatic heterocycles. The standard InChI is InChI=1S/C19H23FN4O2/c1-2-23-13-22-18-16(23)5-8-24(19(18)6-9-26-10-7-19)17(25)11-15-4-3-14(20)12-21-15/h3-4,12-13H,2,5-11H2,1H3. The summed E-state index contributed by atoms with van der Waals surface area (Å²) in [6.07, 6.45) is 5.52. The van der Waals surface area contributed by atoms with E-state index < -0.39 is 11.4 Å². The van der Waals surface area contributed by atoms with Crippen molar-refractivity contribution < 1.29 is 13.9 Å². The van der Waals surface area contributed by atoms with Crippen molar-refractivity contribution in [2.75, 3.05) is 19.8 Å². The van der Waals surface area contributed by atoms with Gasteiger partial charge >= 0.3 is 0 Å². The molecule has 0 aliphatic carbocycles. The number of hydrogen-bond acceptors (Lipinski definition) is 4. The summed E-state index contributed by atoms with van der Waals surface area (Å²) in [5, 5.41) is 0. The van der Waals surface area contributed by atoms with Gasteiger partial charge in [0.05, 0.1) is 30.2 Å². The number of aryl methyl sites for hydroxylation is 1. The highest BCUT2D eigenvalue weighted by atomic mass is 19.1. The number of halogens is 1. The molecule has 1 amide bonds. The van der Waals surface area contributed by atoms with Crippen LogP contribution >= 0.6 is 0 Å². The fourth-order valence-electron chi connectivity index (χ4n) is 4.23. The molecule has 1 spiro atoms. The average Bonchev–Trinajstić information content (AvgIpc) is 3.09. The molecule has 26 heavy (non-hydrogen) atoms. The number of fused-ring (bicyclic) bond motifs is 2. The number of pyridine rings is 1. The molecule has 2 aromatic rings. The Morgan fingerprint density at radius 3 is 2.81 bits per heavy atom. The highest BCUT2D eigenvalue weighted by molar-refractivity contribution is 5.79. The summed E-state index contributed by atoms with van der Waals surface area (Å²) in [6, 6.07) is 2.92. The fraction of sp³-hybridized carbons (Fsp3) is 0.526. The van der Waals surface area contributed by atoms with Gasteiger partial charge in [-0.05, 0) is 31.9 Å². The molecular weight excluding hydrogens is 335 g/mol. The van der Waals surface area contributed by atoms with Gasteiger partial charge in [-0.25, -0.2) is 9.37 Å². The van der Waals surface area contributed by atoms with Gasteiger partial charge in [0, 0.05) is 44.1 Å². The molecule has 1 fully saturated rings. The Labute approximate surface area is 152 Å². The first-order valence-electron chi connectivity index (χ1n) is 9.17. The van der Waals surface area contributed by atoms with Crippen molar-refractivity contribution in [2.45, 2.75) is 44.7 Å². The van der Waals surface area contributed by atoms with E-state index in [1.807, 2.05) is 11.2 Å². The zero-order valence-corrected chi connectivity index (χ0v) is 14.9. The first-order chi connectivity index (χ1) is 12.6. The van der Waals surface area contributed by atoms with E-state index in [0.717, 1.165) is 37.7 Å². The predicted octanol–water partition coefficient (Wildman–Crippen LogP) is 2.07. The van der Waals surface area contributed by atoms with Gasteiger partial charge in [0.1, 0.15) is 5.82 Å². The van der Waals surface area contributed by atoms with E-state index in [-0.39, 0.29) is 12.3 Å². The fourth-order valence-corrected chi connectivity index (χ4v) is 4.23. The van der Waals surface area contributed by atoms with Crippen molar-refractivity contribution in [3.8, 4) is 0 Å². The molecule has 4 heterocycles. The van der Waals surface area contributed by atoms with E-state index in [4.69, 9.17) is 9.72 Å². The van der Waals surface area contributed by atoms with Crippen LogP contribution in [0.5, 0.6) is 0 Å². The molecule has 138 valence electrons. The van der Waals surface area contributed by atoms with E-state index in [9.17, 15) is 9.18 Å². The normalized spacial score (nSPS) is 18.8. The van der Waals surface area contributed by atoms with Gasteiger partial charge in [-0.1, -0.05) is 0 Å². The van der Waals surface area contributed by atoms with Gasteiger partial charge in [0.2, 0.25) is 5.91 Å². The molecule has 1 saturated heterocycles. The third kappa shape index (κ3) is 2.80. The summed E-state index contributed by atoms with van der Waals surface area (Å²) in [7, 11) is 0. The van der Waals surface area contributed by atoms with Crippen LogP contribution in [0.25, 0.3) is 0 Å². The molecule has 2 aliphatic rings. The summed E-state index contributed by atoms with van der Waals surface area (Å²) in [5.41, 5.74) is 2.44. The number of amides is 1. The predicted molar refractivity (Wildman–Crippen MR) is 92.9 cm³/mol. The second-order valence-electron chi connectivity index (χ2n) is 6.91. The summed E-state index contributed by atoms with van der Waals surface area (Å²) in [4.78, 5) is 23.8. The van der Waals surface area contributed by atoms with E-state index in [0.29, 0.717) is 25.5 Å². The van der Waals surface area contributed by atoms with E-state index >= 15 is 0 Å². The maximum Gasteiger partial charge on any atom is 0.229 e. The summed E-state index contributed by atoms with van der Waals surface area (Å²) < 4.78 is 20.8. The Morgan fingerprint density at radius 1 is 1.31 bits per heavy atom. The Bertz CT molecular complexity index is 796. The maximum atomic E-state index is 13.1. The number of ether oxygens (including phenoxy) is 1. The molecule has 4 rings (SSSR count). The Kier molecular flexibility index (Phi) is 4.48. The van der Waals surface area contributed by atoms with Gasteiger partial charge in [0.15, 0.2) is 0 Å². The lowest BCUT2D eigenvalue weighted by Gasteiger charge is -2.48. The smallest absolute Gasteiger partial charge is 0.229 e. The van der Waals surface area contributed by atoms with Crippen molar-refractivity contribution in [1.82, 2.24) is 19.4 Å². The number of hydrogen-bond donors (Lipinski definition) is 0. The second-order valence-corrected chi connectivity index (χ2v) is 6.91. The summed E-state index contributed by atoms with van der Waals surface area (Å²) in [5.74, 6) is -0.377. The number of carbonyl (C=O) groups excluding carboxylic acids is 1. The van der Waals surface area contributed by atoms with E-state index in [2.05, 4.69) is 16.5 Å². The van der Waals surface area contributed by atoms with Gasteiger partial charge < -0.3 is 14.2 Å². The molecule has 6 nitrogen and oxygen atoms in total. The van der Waals surface area contributed by atoms with E-state index in [1.54, 1.807) is 6.07 Å². The maximum absolute atomic E-state index is 13.1. The number of rotatable bonds is 3. The first kappa shape index (κ1) is 17.1. The molecule has 0 aromatic carbocycles. The number of aromatic nitrogens is 3. The zero-order valence-electron chi connectivity index (χ0n) is 14.9. The second kappa shape index (κ2) is 6.79. The van der Waals surface area contributed by atoms with Crippen molar-refractivity contribution in [3.63, 3.8) is 0 Å². The molecule has 0 radical (unpaired) electrons. The number of carbonyl (C=O) groups is 1. The van der Waals surface area contributed by atoms with Crippen LogP contribution in [0, 0.1) is 5.82 Å². The Hall–Kier alpha value is -2.28. The molecule has 7 heteroatoms. The average molecular weight is 358 g/mol. The lowest BCUT2D eigenvalue weighted by atomic mass is 9.80. The first-order valence-corrected chi connectivity index (χ1v) is 9.17. The molecule has 0 bridgehead atoms. The molecule has 2 aromatic heterocycles. The summed E-state index contributed by atoms with van der Waals surface area (Å²) in [6.45, 7) is 4.89. The molecule has 0 saturated carbocycles. The van der Waals surface area contributed by atoms with Gasteiger partial charge in [-0.15, -0.1) is 0 Å². The van der Waals surface area contributed by atoms with Crippen LogP contribution in [0.3, 0.4) is 0 Å². The monoisotopic (exact) mass is 358 g/mol. The van der Waals surface area contributed by atoms with Crippen LogP contribution in [0.4, 0.5) is 4.39 Å². The van der Waals surface area contributed by atoms with Crippen molar-refractivity contribution in [2.24, 2.45) is 0 Å². The van der Waals surface area contributed by atoms with Crippen LogP contribution in [0.15, 0.2) is 24.7 Å². The van der Waals surface area contributed by atoms with Crippen molar-refractivity contribution in [1.29, 1.82) is 0 Å². The van der Waals surface area contributed by atoms with Crippen LogP contribution in [0.1, 0.15) is 36.8 Å². The minimum atomic E-state index is -0.399. The SMILES string of the molecule is CCn1cnc2c1CCN(C(=O)Cc1ccc(F)cn1)C21CCOCC1. The van der Waals surface area contributed by atoms with Gasteiger partial charge in [0.25, 0.3) is 0 Å².